The molecular weight excluding hydrogens is 386 g/mol. The Kier molecular flexibility index (Phi) is 6.89. The van der Waals surface area contributed by atoms with Gasteiger partial charge in [-0.3, -0.25) is 4.79 Å². The van der Waals surface area contributed by atoms with Crippen LogP contribution in [-0.2, 0) is 14.3 Å². The van der Waals surface area contributed by atoms with Crippen molar-refractivity contribution >= 4 is 41.1 Å². The number of esters is 2. The Bertz CT molecular complexity index is 973. The Hall–Kier alpha value is -3.65. The van der Waals surface area contributed by atoms with E-state index in [0.29, 0.717) is 0 Å². The summed E-state index contributed by atoms with van der Waals surface area (Å²) >= 11 is 0.985. The van der Waals surface area contributed by atoms with Gasteiger partial charge >= 0.3 is 11.9 Å². The minimum absolute atomic E-state index is 0.0131. The van der Waals surface area contributed by atoms with Crippen molar-refractivity contribution in [1.29, 1.82) is 5.26 Å². The second-order valence-corrected chi connectivity index (χ2v) is 6.09. The van der Waals surface area contributed by atoms with Gasteiger partial charge in [-0.2, -0.15) is 5.26 Å². The summed E-state index contributed by atoms with van der Waals surface area (Å²) < 4.78 is 9.31. The minimum atomic E-state index is -0.678. The van der Waals surface area contributed by atoms with Crippen molar-refractivity contribution in [2.24, 2.45) is 0 Å². The first-order valence-electron chi connectivity index (χ1n) is 7.65. The maximum absolute atomic E-state index is 12.3. The fraction of sp³-hybridized carbons (Fsp3) is 0.176. The summed E-state index contributed by atoms with van der Waals surface area (Å²) in [6.45, 7) is 0. The van der Waals surface area contributed by atoms with Crippen molar-refractivity contribution in [3.63, 3.8) is 0 Å². The molecule has 1 aromatic carbocycles. The number of nitrogens with one attached hydrogen (secondary N) is 1. The molecule has 0 aliphatic rings. The Morgan fingerprint density at radius 2 is 1.96 bits per heavy atom. The van der Waals surface area contributed by atoms with Gasteiger partial charge in [0.2, 0.25) is 5.91 Å². The number of carbonyl (C=O) groups excluding carboxylic acids is 3. The molecule has 1 heterocycles. The molecule has 0 aliphatic heterocycles. The number of nitrogens with zero attached hydrogens (tertiary/aromatic N) is 3. The van der Waals surface area contributed by atoms with Crippen LogP contribution in [0.2, 0.25) is 0 Å². The molecule has 11 heteroatoms. The van der Waals surface area contributed by atoms with Crippen LogP contribution >= 0.6 is 11.8 Å². The molecule has 1 aromatic heterocycles. The third kappa shape index (κ3) is 4.95. The number of methoxy groups -OCH3 is 2. The third-order valence-corrected chi connectivity index (χ3v) is 4.23. The summed E-state index contributed by atoms with van der Waals surface area (Å²) in [4.78, 5) is 43.7. The van der Waals surface area contributed by atoms with Crippen LogP contribution in [0.3, 0.4) is 0 Å². The normalized spacial score (nSPS) is 9.89. The highest BCUT2D eigenvalue weighted by Gasteiger charge is 2.18. The molecular formula is C17H15N5O5S. The number of anilines is 2. The summed E-state index contributed by atoms with van der Waals surface area (Å²) in [5, 5.41) is 11.6. The number of ether oxygens (including phenoxy) is 2. The molecule has 3 N–H and O–H groups in total. The van der Waals surface area contributed by atoms with Gasteiger partial charge in [0.1, 0.15) is 17.5 Å². The van der Waals surface area contributed by atoms with Crippen LogP contribution in [0, 0.1) is 11.3 Å². The number of amides is 1. The fourth-order valence-electron chi connectivity index (χ4n) is 2.03. The Morgan fingerprint density at radius 3 is 2.57 bits per heavy atom. The Balaban J connectivity index is 2.15. The van der Waals surface area contributed by atoms with Crippen molar-refractivity contribution < 1.29 is 23.9 Å². The van der Waals surface area contributed by atoms with Gasteiger partial charge in [0.15, 0.2) is 5.16 Å². The predicted molar refractivity (Wildman–Crippen MR) is 99.6 cm³/mol. The summed E-state index contributed by atoms with van der Waals surface area (Å²) in [5.74, 6) is -1.87. The second kappa shape index (κ2) is 9.33. The standard InChI is InChI=1S/C17H15N5O5S/c1-26-15(24)9-3-4-11(16(25)27-2)12(5-9)21-13(23)8-28-17-20-7-10(6-18)14(19)22-17/h3-5,7H,8H2,1-2H3,(H,21,23)(H2,19,20,22). The highest BCUT2D eigenvalue weighted by Crippen LogP contribution is 2.21. The summed E-state index contributed by atoms with van der Waals surface area (Å²) in [7, 11) is 2.42. The van der Waals surface area contributed by atoms with E-state index in [0.717, 1.165) is 11.8 Å². The minimum Gasteiger partial charge on any atom is -0.465 e. The number of rotatable bonds is 6. The van der Waals surface area contributed by atoms with Crippen LogP contribution in [0.25, 0.3) is 0 Å². The lowest BCUT2D eigenvalue weighted by Gasteiger charge is -2.11. The van der Waals surface area contributed by atoms with E-state index in [-0.39, 0.29) is 39.1 Å². The molecule has 1 amide bonds. The van der Waals surface area contributed by atoms with Gasteiger partial charge in [-0.1, -0.05) is 11.8 Å². The quantitative estimate of drug-likeness (QED) is 0.410. The van der Waals surface area contributed by atoms with Gasteiger partial charge in [0.25, 0.3) is 0 Å². The molecule has 144 valence electrons. The molecule has 2 rings (SSSR count). The van der Waals surface area contributed by atoms with Crippen molar-refractivity contribution in [3.8, 4) is 6.07 Å². The highest BCUT2D eigenvalue weighted by molar-refractivity contribution is 7.99. The first kappa shape index (κ1) is 20.7. The summed E-state index contributed by atoms with van der Waals surface area (Å²) in [6, 6.07) is 5.89. The molecule has 10 nitrogen and oxygen atoms in total. The van der Waals surface area contributed by atoms with Crippen LogP contribution < -0.4 is 11.1 Å². The molecule has 0 saturated heterocycles. The first-order valence-corrected chi connectivity index (χ1v) is 8.64. The number of nitrogens with two attached hydrogens (primary N) is 1. The average molecular weight is 401 g/mol. The monoisotopic (exact) mass is 401 g/mol. The third-order valence-electron chi connectivity index (χ3n) is 3.37. The van der Waals surface area contributed by atoms with Crippen LogP contribution in [0.5, 0.6) is 0 Å². The van der Waals surface area contributed by atoms with Gasteiger partial charge in [0.05, 0.1) is 43.0 Å². The van der Waals surface area contributed by atoms with Gasteiger partial charge in [-0.15, -0.1) is 0 Å². The molecule has 0 fully saturated rings. The molecule has 0 atom stereocenters. The van der Waals surface area contributed by atoms with Crippen LogP contribution in [0.15, 0.2) is 29.6 Å². The van der Waals surface area contributed by atoms with Crippen LogP contribution in [-0.4, -0.2) is 47.8 Å². The van der Waals surface area contributed by atoms with E-state index in [4.69, 9.17) is 11.0 Å². The number of hydrogen-bond acceptors (Lipinski definition) is 10. The van der Waals surface area contributed by atoms with Crippen molar-refractivity contribution in [2.75, 3.05) is 31.0 Å². The maximum atomic E-state index is 12.3. The van der Waals surface area contributed by atoms with E-state index in [1.54, 1.807) is 0 Å². The van der Waals surface area contributed by atoms with Crippen molar-refractivity contribution in [1.82, 2.24) is 9.97 Å². The zero-order chi connectivity index (χ0) is 20.7. The Labute approximate surface area is 164 Å². The number of carbonyl (C=O) groups is 3. The zero-order valence-corrected chi connectivity index (χ0v) is 15.7. The molecule has 0 saturated carbocycles. The lowest BCUT2D eigenvalue weighted by molar-refractivity contribution is -0.113. The van der Waals surface area contributed by atoms with E-state index in [1.165, 1.54) is 38.6 Å². The summed E-state index contributed by atoms with van der Waals surface area (Å²) in [6.07, 6.45) is 1.26. The van der Waals surface area contributed by atoms with Gasteiger partial charge in [0, 0.05) is 0 Å². The van der Waals surface area contributed by atoms with E-state index in [9.17, 15) is 14.4 Å². The van der Waals surface area contributed by atoms with Crippen molar-refractivity contribution in [3.05, 3.63) is 41.1 Å². The first-order chi connectivity index (χ1) is 13.4. The average Bonchev–Trinajstić information content (AvgIpc) is 2.71. The predicted octanol–water partition coefficient (Wildman–Crippen LogP) is 1.23. The van der Waals surface area contributed by atoms with E-state index >= 15 is 0 Å². The number of nitriles is 1. The SMILES string of the molecule is COC(=O)c1ccc(C(=O)OC)c(NC(=O)CSc2ncc(C#N)c(N)n2)c1. The molecule has 0 radical (unpaired) electrons. The number of thioether (sulfide) groups is 1. The molecule has 2 aromatic rings. The topological polar surface area (TPSA) is 157 Å². The van der Waals surface area contributed by atoms with E-state index in [2.05, 4.69) is 24.8 Å². The second-order valence-electron chi connectivity index (χ2n) is 5.14. The van der Waals surface area contributed by atoms with Crippen molar-refractivity contribution in [2.45, 2.75) is 5.16 Å². The van der Waals surface area contributed by atoms with Gasteiger partial charge < -0.3 is 20.5 Å². The van der Waals surface area contributed by atoms with E-state index in [1.807, 2.05) is 6.07 Å². The smallest absolute Gasteiger partial charge is 0.339 e. The number of benzene rings is 1. The molecule has 0 aliphatic carbocycles. The zero-order valence-electron chi connectivity index (χ0n) is 14.9. The molecule has 0 unspecified atom stereocenters. The number of hydrogen-bond donors (Lipinski definition) is 2. The maximum Gasteiger partial charge on any atom is 0.339 e. The van der Waals surface area contributed by atoms with Gasteiger partial charge in [-0.05, 0) is 18.2 Å². The molecule has 28 heavy (non-hydrogen) atoms. The Morgan fingerprint density at radius 1 is 1.25 bits per heavy atom. The van der Waals surface area contributed by atoms with Crippen LogP contribution in [0.1, 0.15) is 26.3 Å². The number of aromatic nitrogens is 2. The molecule has 0 spiro atoms. The lowest BCUT2D eigenvalue weighted by Crippen LogP contribution is -2.18. The number of nitrogen functional groups attached to an aromatic ring is 1. The van der Waals surface area contributed by atoms with Gasteiger partial charge in [-0.25, -0.2) is 19.6 Å². The van der Waals surface area contributed by atoms with E-state index < -0.39 is 17.8 Å². The highest BCUT2D eigenvalue weighted by atomic mass is 32.2. The van der Waals surface area contributed by atoms with Crippen LogP contribution in [0.4, 0.5) is 11.5 Å². The lowest BCUT2D eigenvalue weighted by atomic mass is 10.1. The fourth-order valence-corrected chi connectivity index (χ4v) is 2.65. The summed E-state index contributed by atoms with van der Waals surface area (Å²) in [5.41, 5.74) is 6.07. The molecule has 0 bridgehead atoms. The largest absolute Gasteiger partial charge is 0.465 e.